The second-order valence-corrected chi connectivity index (χ2v) is 4.83. The van der Waals surface area contributed by atoms with E-state index in [1.807, 2.05) is 12.1 Å². The lowest BCUT2D eigenvalue weighted by Gasteiger charge is -2.41. The lowest BCUT2D eigenvalue weighted by atomic mass is 9.98. The molecule has 0 spiro atoms. The van der Waals surface area contributed by atoms with E-state index in [1.54, 1.807) is 0 Å². The number of nitrogens with one attached hydrogen (secondary N) is 1. The predicted octanol–water partition coefficient (Wildman–Crippen LogP) is 1.82. The van der Waals surface area contributed by atoms with E-state index in [0.29, 0.717) is 0 Å². The van der Waals surface area contributed by atoms with Crippen LogP contribution in [0.25, 0.3) is 0 Å². The highest BCUT2D eigenvalue weighted by Crippen LogP contribution is 2.36. The molecule has 0 saturated carbocycles. The third-order valence-corrected chi connectivity index (χ3v) is 2.81. The second-order valence-electron chi connectivity index (χ2n) is 4.83. The molecule has 3 heteroatoms. The average molecular weight is 206 g/mol. The molecule has 2 N–H and O–H groups in total. The maximum Gasteiger partial charge on any atom is 0.0702 e. The van der Waals surface area contributed by atoms with Crippen LogP contribution in [0.4, 0.5) is 11.4 Å². The zero-order valence-corrected chi connectivity index (χ0v) is 9.54. The lowest BCUT2D eigenvalue weighted by molar-refractivity contribution is 0.282. The zero-order valence-electron chi connectivity index (χ0n) is 9.54. The third-order valence-electron chi connectivity index (χ3n) is 2.81. The van der Waals surface area contributed by atoms with Gasteiger partial charge in [-0.1, -0.05) is 12.1 Å². The zero-order chi connectivity index (χ0) is 11.1. The number of hydrogen-bond donors (Lipinski definition) is 2. The van der Waals surface area contributed by atoms with E-state index in [-0.39, 0.29) is 12.1 Å². The van der Waals surface area contributed by atoms with Crippen LogP contribution in [0.2, 0.25) is 0 Å². The Labute approximate surface area is 90.7 Å². The summed E-state index contributed by atoms with van der Waals surface area (Å²) in [5.41, 5.74) is 3.25. The summed E-state index contributed by atoms with van der Waals surface area (Å²) in [7, 11) is 2.09. The van der Waals surface area contributed by atoms with Crippen molar-refractivity contribution in [2.45, 2.75) is 26.0 Å². The van der Waals surface area contributed by atoms with E-state index >= 15 is 0 Å². The van der Waals surface area contributed by atoms with Crippen LogP contribution < -0.4 is 10.2 Å². The molecule has 1 aliphatic rings. The first kappa shape index (κ1) is 10.3. The van der Waals surface area contributed by atoms with Gasteiger partial charge in [-0.05, 0) is 19.9 Å². The fourth-order valence-corrected chi connectivity index (χ4v) is 2.24. The molecule has 0 aromatic heterocycles. The first-order valence-electron chi connectivity index (χ1n) is 5.25. The maximum absolute atomic E-state index is 9.29. The van der Waals surface area contributed by atoms with Gasteiger partial charge in [-0.15, -0.1) is 0 Å². The predicted molar refractivity (Wildman–Crippen MR) is 63.3 cm³/mol. The summed E-state index contributed by atoms with van der Waals surface area (Å²) >= 11 is 0. The van der Waals surface area contributed by atoms with Crippen molar-refractivity contribution in [3.8, 4) is 0 Å². The monoisotopic (exact) mass is 206 g/mol. The number of anilines is 2. The van der Waals surface area contributed by atoms with Crippen LogP contribution >= 0.6 is 0 Å². The van der Waals surface area contributed by atoms with Crippen molar-refractivity contribution in [1.29, 1.82) is 0 Å². The van der Waals surface area contributed by atoms with Gasteiger partial charge in [0.1, 0.15) is 0 Å². The van der Waals surface area contributed by atoms with E-state index < -0.39 is 0 Å². The van der Waals surface area contributed by atoms with Gasteiger partial charge < -0.3 is 15.3 Å². The molecule has 1 aliphatic heterocycles. The SMILES string of the molecule is CN1CC(C)(C)Nc2c(CO)cccc21. The Balaban J connectivity index is 2.50. The molecule has 0 aliphatic carbocycles. The normalized spacial score (nSPS) is 18.3. The highest BCUT2D eigenvalue weighted by molar-refractivity contribution is 5.76. The number of rotatable bonds is 1. The molecule has 1 heterocycles. The molecule has 2 rings (SSSR count). The van der Waals surface area contributed by atoms with Crippen molar-refractivity contribution in [2.75, 3.05) is 23.8 Å². The Morgan fingerprint density at radius 2 is 2.20 bits per heavy atom. The van der Waals surface area contributed by atoms with Gasteiger partial charge in [-0.2, -0.15) is 0 Å². The number of aliphatic hydroxyl groups is 1. The molecular formula is C12H18N2O. The number of hydrogen-bond acceptors (Lipinski definition) is 3. The van der Waals surface area contributed by atoms with E-state index in [0.717, 1.165) is 17.8 Å². The summed E-state index contributed by atoms with van der Waals surface area (Å²) in [5.74, 6) is 0. The summed E-state index contributed by atoms with van der Waals surface area (Å²) in [4.78, 5) is 2.23. The molecule has 82 valence electrons. The fraction of sp³-hybridized carbons (Fsp3) is 0.500. The Hall–Kier alpha value is -1.22. The van der Waals surface area contributed by atoms with E-state index in [2.05, 4.69) is 37.2 Å². The molecule has 0 fully saturated rings. The smallest absolute Gasteiger partial charge is 0.0702 e. The molecule has 0 amide bonds. The van der Waals surface area contributed by atoms with Crippen molar-refractivity contribution in [1.82, 2.24) is 0 Å². The number of fused-ring (bicyclic) bond motifs is 1. The average Bonchev–Trinajstić information content (AvgIpc) is 2.15. The highest BCUT2D eigenvalue weighted by Gasteiger charge is 2.28. The third kappa shape index (κ3) is 1.79. The maximum atomic E-state index is 9.29. The van der Waals surface area contributed by atoms with Crippen molar-refractivity contribution < 1.29 is 5.11 Å². The number of benzene rings is 1. The fourth-order valence-electron chi connectivity index (χ4n) is 2.24. The Morgan fingerprint density at radius 1 is 1.47 bits per heavy atom. The largest absolute Gasteiger partial charge is 0.392 e. The number of para-hydroxylation sites is 1. The molecule has 1 aromatic carbocycles. The van der Waals surface area contributed by atoms with Crippen LogP contribution in [0.5, 0.6) is 0 Å². The second kappa shape index (κ2) is 3.42. The molecule has 0 unspecified atom stereocenters. The minimum Gasteiger partial charge on any atom is -0.392 e. The Morgan fingerprint density at radius 3 is 2.87 bits per heavy atom. The van der Waals surface area contributed by atoms with Crippen molar-refractivity contribution in [2.24, 2.45) is 0 Å². The van der Waals surface area contributed by atoms with Crippen LogP contribution in [0.1, 0.15) is 19.4 Å². The number of aliphatic hydroxyl groups excluding tert-OH is 1. The van der Waals surface area contributed by atoms with Crippen LogP contribution in [0.3, 0.4) is 0 Å². The number of likely N-dealkylation sites (N-methyl/N-ethyl adjacent to an activating group) is 1. The lowest BCUT2D eigenvalue weighted by Crippen LogP contribution is -2.47. The molecule has 3 nitrogen and oxygen atoms in total. The van der Waals surface area contributed by atoms with Gasteiger partial charge >= 0.3 is 0 Å². The van der Waals surface area contributed by atoms with Gasteiger partial charge in [0.25, 0.3) is 0 Å². The molecule has 0 saturated heterocycles. The first-order chi connectivity index (χ1) is 7.03. The Bertz CT molecular complexity index is 374. The molecule has 15 heavy (non-hydrogen) atoms. The van der Waals surface area contributed by atoms with Crippen LogP contribution in [-0.4, -0.2) is 24.2 Å². The Kier molecular flexibility index (Phi) is 2.35. The van der Waals surface area contributed by atoms with Gasteiger partial charge in [0, 0.05) is 24.7 Å². The standard InChI is InChI=1S/C12H18N2O/c1-12(2)8-14(3)10-6-4-5-9(7-15)11(10)13-12/h4-6,13,15H,7-8H2,1-3H3. The van der Waals surface area contributed by atoms with Crippen LogP contribution in [0, 0.1) is 0 Å². The summed E-state index contributed by atoms with van der Waals surface area (Å²) < 4.78 is 0. The van der Waals surface area contributed by atoms with E-state index in [1.165, 1.54) is 5.69 Å². The van der Waals surface area contributed by atoms with Crippen LogP contribution in [0.15, 0.2) is 18.2 Å². The van der Waals surface area contributed by atoms with Gasteiger partial charge in [0.05, 0.1) is 18.0 Å². The topological polar surface area (TPSA) is 35.5 Å². The van der Waals surface area contributed by atoms with E-state index in [9.17, 15) is 5.11 Å². The minimum absolute atomic E-state index is 0.0486. The molecule has 1 aromatic rings. The summed E-state index contributed by atoms with van der Waals surface area (Å²) in [6.07, 6.45) is 0. The summed E-state index contributed by atoms with van der Waals surface area (Å²) in [5, 5.41) is 12.8. The molecule has 0 radical (unpaired) electrons. The summed E-state index contributed by atoms with van der Waals surface area (Å²) in [6, 6.07) is 6.03. The van der Waals surface area contributed by atoms with Gasteiger partial charge in [0.2, 0.25) is 0 Å². The minimum atomic E-state index is 0.0486. The first-order valence-corrected chi connectivity index (χ1v) is 5.25. The summed E-state index contributed by atoms with van der Waals surface area (Å²) in [6.45, 7) is 5.39. The van der Waals surface area contributed by atoms with Gasteiger partial charge in [0.15, 0.2) is 0 Å². The quantitative estimate of drug-likeness (QED) is 0.735. The molecular weight excluding hydrogens is 188 g/mol. The molecule has 0 atom stereocenters. The van der Waals surface area contributed by atoms with E-state index in [4.69, 9.17) is 0 Å². The van der Waals surface area contributed by atoms with Crippen molar-refractivity contribution >= 4 is 11.4 Å². The number of nitrogens with zero attached hydrogens (tertiary/aromatic N) is 1. The van der Waals surface area contributed by atoms with Gasteiger partial charge in [-0.25, -0.2) is 0 Å². The van der Waals surface area contributed by atoms with Crippen molar-refractivity contribution in [3.63, 3.8) is 0 Å². The van der Waals surface area contributed by atoms with Crippen molar-refractivity contribution in [3.05, 3.63) is 23.8 Å². The van der Waals surface area contributed by atoms with Crippen LogP contribution in [-0.2, 0) is 6.61 Å². The molecule has 0 bridgehead atoms. The van der Waals surface area contributed by atoms with Gasteiger partial charge in [-0.3, -0.25) is 0 Å². The highest BCUT2D eigenvalue weighted by atomic mass is 16.3.